The first-order valence-electron chi connectivity index (χ1n) is 6.02. The molecule has 1 heterocycles. The standard InChI is InChI=1S/C13H21ClN2OS.ClH/c1-13(2,8-15)9-16(3)12(17)7-5-10-4-6-11(14)18-10;/h4,6H,5,7-9,15H2,1-3H3;1H. The van der Waals surface area contributed by atoms with E-state index in [-0.39, 0.29) is 23.7 Å². The maximum absolute atomic E-state index is 12.0. The van der Waals surface area contributed by atoms with Crippen LogP contribution in [0.15, 0.2) is 12.1 Å². The number of hydrogen-bond acceptors (Lipinski definition) is 3. The average molecular weight is 325 g/mol. The van der Waals surface area contributed by atoms with Gasteiger partial charge in [0, 0.05) is 24.9 Å². The highest BCUT2D eigenvalue weighted by atomic mass is 35.5. The number of hydrogen-bond donors (Lipinski definition) is 1. The van der Waals surface area contributed by atoms with E-state index < -0.39 is 0 Å². The Bertz CT molecular complexity index is 407. The first-order valence-corrected chi connectivity index (χ1v) is 7.22. The lowest BCUT2D eigenvalue weighted by atomic mass is 9.93. The molecule has 0 aliphatic carbocycles. The molecule has 3 nitrogen and oxygen atoms in total. The first kappa shape index (κ1) is 18.7. The summed E-state index contributed by atoms with van der Waals surface area (Å²) >= 11 is 7.39. The van der Waals surface area contributed by atoms with Gasteiger partial charge in [-0.15, -0.1) is 23.7 Å². The molecule has 0 radical (unpaired) electrons. The van der Waals surface area contributed by atoms with Crippen molar-refractivity contribution in [3.8, 4) is 0 Å². The fourth-order valence-corrected chi connectivity index (χ4v) is 2.79. The zero-order valence-corrected chi connectivity index (χ0v) is 14.0. The molecule has 1 amide bonds. The van der Waals surface area contributed by atoms with Crippen LogP contribution in [0.5, 0.6) is 0 Å². The number of carbonyl (C=O) groups is 1. The van der Waals surface area contributed by atoms with Crippen LogP contribution in [0.2, 0.25) is 4.34 Å². The van der Waals surface area contributed by atoms with Gasteiger partial charge in [0.15, 0.2) is 0 Å². The van der Waals surface area contributed by atoms with Crippen molar-refractivity contribution in [2.45, 2.75) is 26.7 Å². The lowest BCUT2D eigenvalue weighted by molar-refractivity contribution is -0.131. The molecule has 0 atom stereocenters. The number of nitrogens with zero attached hydrogens (tertiary/aromatic N) is 1. The van der Waals surface area contributed by atoms with Crippen LogP contribution in [0.3, 0.4) is 0 Å². The molecular weight excluding hydrogens is 303 g/mol. The van der Waals surface area contributed by atoms with Gasteiger partial charge in [0.2, 0.25) is 5.91 Å². The lowest BCUT2D eigenvalue weighted by Gasteiger charge is -2.29. The van der Waals surface area contributed by atoms with Gasteiger partial charge in [0.1, 0.15) is 0 Å². The minimum Gasteiger partial charge on any atom is -0.345 e. The van der Waals surface area contributed by atoms with E-state index in [0.717, 1.165) is 15.6 Å². The van der Waals surface area contributed by atoms with Crippen molar-refractivity contribution in [1.82, 2.24) is 4.90 Å². The summed E-state index contributed by atoms with van der Waals surface area (Å²) < 4.78 is 0.773. The van der Waals surface area contributed by atoms with Crippen molar-refractivity contribution in [3.05, 3.63) is 21.3 Å². The first-order chi connectivity index (χ1) is 8.34. The molecule has 6 heteroatoms. The van der Waals surface area contributed by atoms with E-state index in [2.05, 4.69) is 13.8 Å². The Morgan fingerprint density at radius 3 is 2.58 bits per heavy atom. The Morgan fingerprint density at radius 1 is 1.47 bits per heavy atom. The molecule has 0 spiro atoms. The second-order valence-electron chi connectivity index (χ2n) is 5.32. The van der Waals surface area contributed by atoms with Crippen LogP contribution in [0, 0.1) is 5.41 Å². The number of carbonyl (C=O) groups excluding carboxylic acids is 1. The van der Waals surface area contributed by atoms with Crippen molar-refractivity contribution in [3.63, 3.8) is 0 Å². The molecule has 19 heavy (non-hydrogen) atoms. The molecule has 0 aliphatic rings. The zero-order valence-electron chi connectivity index (χ0n) is 11.6. The summed E-state index contributed by atoms with van der Waals surface area (Å²) in [6, 6.07) is 3.84. The molecule has 1 aromatic heterocycles. The molecule has 1 rings (SSSR count). The third-order valence-electron chi connectivity index (χ3n) is 2.86. The Labute approximate surface area is 130 Å². The lowest BCUT2D eigenvalue weighted by Crippen LogP contribution is -2.39. The zero-order chi connectivity index (χ0) is 13.8. The van der Waals surface area contributed by atoms with Gasteiger partial charge < -0.3 is 10.6 Å². The van der Waals surface area contributed by atoms with E-state index in [1.807, 2.05) is 19.2 Å². The molecule has 0 saturated carbocycles. The minimum absolute atomic E-state index is 0. The van der Waals surface area contributed by atoms with Crippen LogP contribution in [-0.2, 0) is 11.2 Å². The van der Waals surface area contributed by atoms with Gasteiger partial charge in [-0.1, -0.05) is 25.4 Å². The highest BCUT2D eigenvalue weighted by molar-refractivity contribution is 7.16. The van der Waals surface area contributed by atoms with Gasteiger partial charge in [-0.05, 0) is 30.5 Å². The predicted octanol–water partition coefficient (Wildman–Crippen LogP) is 3.20. The maximum atomic E-state index is 12.0. The largest absolute Gasteiger partial charge is 0.345 e. The average Bonchev–Trinajstić information content (AvgIpc) is 2.71. The van der Waals surface area contributed by atoms with E-state index in [4.69, 9.17) is 17.3 Å². The smallest absolute Gasteiger partial charge is 0.222 e. The van der Waals surface area contributed by atoms with Crippen LogP contribution in [-0.4, -0.2) is 30.9 Å². The van der Waals surface area contributed by atoms with E-state index in [1.54, 1.807) is 4.90 Å². The predicted molar refractivity (Wildman–Crippen MR) is 85.4 cm³/mol. The van der Waals surface area contributed by atoms with Gasteiger partial charge in [-0.25, -0.2) is 0 Å². The Morgan fingerprint density at radius 2 is 2.11 bits per heavy atom. The molecule has 0 aliphatic heterocycles. The summed E-state index contributed by atoms with van der Waals surface area (Å²) in [5, 5.41) is 0. The van der Waals surface area contributed by atoms with Crippen LogP contribution < -0.4 is 5.73 Å². The van der Waals surface area contributed by atoms with Gasteiger partial charge in [-0.2, -0.15) is 0 Å². The highest BCUT2D eigenvalue weighted by Gasteiger charge is 2.20. The fraction of sp³-hybridized carbons (Fsp3) is 0.615. The van der Waals surface area contributed by atoms with Crippen LogP contribution in [0.4, 0.5) is 0 Å². The fourth-order valence-electron chi connectivity index (χ4n) is 1.70. The number of rotatable bonds is 6. The molecule has 0 bridgehead atoms. The molecule has 0 saturated heterocycles. The topological polar surface area (TPSA) is 46.3 Å². The Hall–Kier alpha value is -0.290. The van der Waals surface area contributed by atoms with Crippen LogP contribution in [0.1, 0.15) is 25.1 Å². The SMILES string of the molecule is CN(CC(C)(C)CN)C(=O)CCc1ccc(Cl)s1.Cl. The minimum atomic E-state index is -0.0311. The summed E-state index contributed by atoms with van der Waals surface area (Å²) in [5.74, 6) is 0.154. The monoisotopic (exact) mass is 324 g/mol. The molecule has 1 aromatic rings. The second-order valence-corrected chi connectivity index (χ2v) is 7.12. The van der Waals surface area contributed by atoms with Crippen LogP contribution >= 0.6 is 35.3 Å². The van der Waals surface area contributed by atoms with Gasteiger partial charge in [0.25, 0.3) is 0 Å². The highest BCUT2D eigenvalue weighted by Crippen LogP contribution is 2.23. The number of nitrogens with two attached hydrogens (primary N) is 1. The third-order valence-corrected chi connectivity index (χ3v) is 4.15. The summed E-state index contributed by atoms with van der Waals surface area (Å²) in [6.45, 7) is 5.39. The molecule has 0 unspecified atom stereocenters. The molecule has 0 aromatic carbocycles. The number of halogens is 2. The van der Waals surface area contributed by atoms with Crippen molar-refractivity contribution >= 4 is 41.3 Å². The molecule has 110 valence electrons. The van der Waals surface area contributed by atoms with E-state index >= 15 is 0 Å². The van der Waals surface area contributed by atoms with Crippen molar-refractivity contribution < 1.29 is 4.79 Å². The summed E-state index contributed by atoms with van der Waals surface area (Å²) in [5.41, 5.74) is 5.64. The molecule has 0 fully saturated rings. The van der Waals surface area contributed by atoms with E-state index in [1.165, 1.54) is 11.3 Å². The van der Waals surface area contributed by atoms with Crippen molar-refractivity contribution in [2.24, 2.45) is 11.1 Å². The Kier molecular flexibility index (Phi) is 7.98. The normalized spacial score (nSPS) is 11.0. The summed E-state index contributed by atoms with van der Waals surface area (Å²) in [7, 11) is 1.83. The summed E-state index contributed by atoms with van der Waals surface area (Å²) in [4.78, 5) is 14.9. The summed E-state index contributed by atoms with van der Waals surface area (Å²) in [6.07, 6.45) is 1.28. The van der Waals surface area contributed by atoms with Crippen molar-refractivity contribution in [2.75, 3.05) is 20.1 Å². The van der Waals surface area contributed by atoms with E-state index in [0.29, 0.717) is 19.5 Å². The van der Waals surface area contributed by atoms with Crippen LogP contribution in [0.25, 0.3) is 0 Å². The quantitative estimate of drug-likeness (QED) is 0.873. The molecule has 2 N–H and O–H groups in total. The van der Waals surface area contributed by atoms with Gasteiger partial charge >= 0.3 is 0 Å². The third kappa shape index (κ3) is 6.61. The second kappa shape index (κ2) is 8.10. The molecular formula is C13H22Cl2N2OS. The number of thiophene rings is 1. The Balaban J connectivity index is 0.00000324. The number of amides is 1. The maximum Gasteiger partial charge on any atom is 0.222 e. The van der Waals surface area contributed by atoms with Crippen molar-refractivity contribution in [1.29, 1.82) is 0 Å². The number of aryl methyl sites for hydroxylation is 1. The van der Waals surface area contributed by atoms with Gasteiger partial charge in [-0.3, -0.25) is 4.79 Å². The van der Waals surface area contributed by atoms with Gasteiger partial charge in [0.05, 0.1) is 4.34 Å². The van der Waals surface area contributed by atoms with E-state index in [9.17, 15) is 4.79 Å².